The molecule has 1 aromatic heterocycles. The smallest absolute Gasteiger partial charge is 0.317 e. The van der Waals surface area contributed by atoms with Crippen molar-refractivity contribution in [2.45, 2.75) is 44.2 Å². The standard InChI is InChI=1S/C30H39N7O3.ClH/c1-2-18-37(19-16-31)30(40)33-17-8-12-25(32)28(38)36-27(15-14-22-9-4-3-5-10-22)29(39)35-24-20-23-11-6-7-13-26(23)34-21-24;/h3-7,9-11,13,20-21,25,27H,1-2,8,12,14-19,31-32H2,(H2-,33,35,36,38,39,40);1H/p+3. The summed E-state index contributed by atoms with van der Waals surface area (Å²) >= 11 is 0. The minimum absolute atomic E-state index is 0. The molecule has 0 aliphatic heterocycles. The highest BCUT2D eigenvalue weighted by atomic mass is 35.5. The number of pyridine rings is 1. The molecule has 0 saturated heterocycles. The molecule has 10 N–H and O–H groups in total. The molecule has 0 fully saturated rings. The zero-order valence-electron chi connectivity index (χ0n) is 23.5. The second-order valence-corrected chi connectivity index (χ2v) is 9.82. The largest absolute Gasteiger partial charge is 1.00 e. The van der Waals surface area contributed by atoms with Crippen LogP contribution in [0, 0.1) is 6.92 Å². The van der Waals surface area contributed by atoms with Gasteiger partial charge in [0.2, 0.25) is 11.4 Å². The van der Waals surface area contributed by atoms with Gasteiger partial charge in [0.25, 0.3) is 5.91 Å². The maximum Gasteiger partial charge on any atom is 0.317 e. The number of halogens is 1. The molecule has 0 saturated carbocycles. The summed E-state index contributed by atoms with van der Waals surface area (Å²) in [6.45, 7) is 6.02. The number of aryl methyl sites for hydroxylation is 1. The van der Waals surface area contributed by atoms with Gasteiger partial charge in [0, 0.05) is 24.4 Å². The van der Waals surface area contributed by atoms with Gasteiger partial charge in [0.1, 0.15) is 18.2 Å². The van der Waals surface area contributed by atoms with E-state index in [1.165, 1.54) is 0 Å². The van der Waals surface area contributed by atoms with Crippen LogP contribution in [0.2, 0.25) is 0 Å². The number of aromatic nitrogens is 1. The Labute approximate surface area is 248 Å². The zero-order chi connectivity index (χ0) is 28.7. The first-order valence-electron chi connectivity index (χ1n) is 13.9. The predicted molar refractivity (Wildman–Crippen MR) is 154 cm³/mol. The van der Waals surface area contributed by atoms with Crippen molar-refractivity contribution in [3.05, 3.63) is 79.3 Å². The SMILES string of the molecule is [CH2+]CCN(CC[NH3+])C(=O)NCCCC([NH3+])C(=O)NC(CCc1ccccc1)C(=O)Nc1c[nH+]c2ccccc2c1.[Cl-]. The average Bonchev–Trinajstić information content (AvgIpc) is 2.97. The van der Waals surface area contributed by atoms with Crippen molar-refractivity contribution in [1.29, 1.82) is 0 Å². The lowest BCUT2D eigenvalue weighted by atomic mass is 10.0. The summed E-state index contributed by atoms with van der Waals surface area (Å²) in [6.07, 6.45) is 4.51. The van der Waals surface area contributed by atoms with Crippen LogP contribution < -0.4 is 44.8 Å². The molecule has 4 amide bonds. The lowest BCUT2D eigenvalue weighted by Crippen LogP contribution is -3.00. The molecule has 0 aliphatic carbocycles. The minimum Gasteiger partial charge on any atom is -1.00 e. The monoisotopic (exact) mass is 584 g/mol. The van der Waals surface area contributed by atoms with Crippen LogP contribution in [0.1, 0.15) is 31.2 Å². The van der Waals surface area contributed by atoms with Crippen LogP contribution in [-0.4, -0.2) is 61.0 Å². The van der Waals surface area contributed by atoms with E-state index in [4.69, 9.17) is 0 Å². The number of hydrogen-bond acceptors (Lipinski definition) is 3. The van der Waals surface area contributed by atoms with Crippen molar-refractivity contribution in [3.63, 3.8) is 0 Å². The third-order valence-corrected chi connectivity index (χ3v) is 6.64. The van der Waals surface area contributed by atoms with Crippen LogP contribution in [0.4, 0.5) is 10.5 Å². The van der Waals surface area contributed by atoms with Crippen molar-refractivity contribution in [1.82, 2.24) is 15.5 Å². The molecule has 2 unspecified atom stereocenters. The molecular weight excluding hydrogens is 542 g/mol. The van der Waals surface area contributed by atoms with Gasteiger partial charge in [0.05, 0.1) is 26.6 Å². The Balaban J connectivity index is 0.00000588. The van der Waals surface area contributed by atoms with Crippen molar-refractivity contribution < 1.29 is 43.2 Å². The fourth-order valence-electron chi connectivity index (χ4n) is 4.42. The van der Waals surface area contributed by atoms with Gasteiger partial charge in [0.15, 0.2) is 12.2 Å². The first-order valence-corrected chi connectivity index (χ1v) is 13.9. The lowest BCUT2D eigenvalue weighted by Gasteiger charge is -2.20. The normalized spacial score (nSPS) is 12.0. The van der Waals surface area contributed by atoms with Crippen LogP contribution in [-0.2, 0) is 16.0 Å². The molecule has 220 valence electrons. The highest BCUT2D eigenvalue weighted by Gasteiger charge is 2.26. The summed E-state index contributed by atoms with van der Waals surface area (Å²) in [5.41, 5.74) is 10.5. The van der Waals surface area contributed by atoms with E-state index < -0.39 is 12.1 Å². The van der Waals surface area contributed by atoms with Crippen LogP contribution in [0.15, 0.2) is 66.9 Å². The van der Waals surface area contributed by atoms with Crippen molar-refractivity contribution in [3.8, 4) is 0 Å². The zero-order valence-corrected chi connectivity index (χ0v) is 24.3. The average molecular weight is 585 g/mol. The number of para-hydroxylation sites is 1. The fourth-order valence-corrected chi connectivity index (χ4v) is 4.42. The molecule has 0 radical (unpaired) electrons. The van der Waals surface area contributed by atoms with Gasteiger partial charge in [-0.25, -0.2) is 9.78 Å². The Morgan fingerprint density at radius 2 is 1.71 bits per heavy atom. The molecule has 2 atom stereocenters. The van der Waals surface area contributed by atoms with Crippen LogP contribution in [0.25, 0.3) is 10.9 Å². The summed E-state index contributed by atoms with van der Waals surface area (Å²) in [5.74, 6) is -0.580. The Bertz CT molecular complexity index is 1240. The molecule has 41 heavy (non-hydrogen) atoms. The molecule has 3 aromatic rings. The molecule has 10 nitrogen and oxygen atoms in total. The number of urea groups is 1. The van der Waals surface area contributed by atoms with E-state index in [-0.39, 0.29) is 30.3 Å². The van der Waals surface area contributed by atoms with Gasteiger partial charge in [-0.05, 0) is 37.0 Å². The molecule has 3 rings (SSSR count). The quantitative estimate of drug-likeness (QED) is 0.0995. The maximum atomic E-state index is 13.3. The molecule has 0 spiro atoms. The number of H-pyrrole nitrogens is 1. The van der Waals surface area contributed by atoms with Gasteiger partial charge in [-0.15, -0.1) is 0 Å². The predicted octanol–water partition coefficient (Wildman–Crippen LogP) is -2.42. The van der Waals surface area contributed by atoms with Crippen LogP contribution in [0.5, 0.6) is 0 Å². The topological polar surface area (TPSA) is 160 Å². The highest BCUT2D eigenvalue weighted by molar-refractivity contribution is 5.98. The number of rotatable bonds is 15. The van der Waals surface area contributed by atoms with Gasteiger partial charge in [-0.2, -0.15) is 0 Å². The Morgan fingerprint density at radius 3 is 2.44 bits per heavy atom. The number of amides is 4. The molecule has 1 heterocycles. The molecular formula is C30H43ClN7O3+3. The molecule has 0 bridgehead atoms. The van der Waals surface area contributed by atoms with E-state index in [1.807, 2.05) is 60.7 Å². The van der Waals surface area contributed by atoms with Gasteiger partial charge in [-0.1, -0.05) is 42.5 Å². The lowest BCUT2D eigenvalue weighted by molar-refractivity contribution is -0.405. The minimum atomic E-state index is -0.734. The summed E-state index contributed by atoms with van der Waals surface area (Å²) in [5, 5.41) is 9.71. The summed E-state index contributed by atoms with van der Waals surface area (Å²) in [4.78, 5) is 43.6. The molecule has 2 aromatic carbocycles. The Morgan fingerprint density at radius 1 is 0.976 bits per heavy atom. The highest BCUT2D eigenvalue weighted by Crippen LogP contribution is 2.14. The van der Waals surface area contributed by atoms with Gasteiger partial charge in [-0.3, -0.25) is 9.59 Å². The third kappa shape index (κ3) is 10.9. The van der Waals surface area contributed by atoms with Gasteiger partial charge < -0.3 is 44.7 Å². The fraction of sp³-hybridized carbons (Fsp3) is 0.367. The number of hydrogen-bond donors (Lipinski definition) is 5. The van der Waals surface area contributed by atoms with E-state index in [1.54, 1.807) is 11.1 Å². The van der Waals surface area contributed by atoms with Crippen molar-refractivity contribution >= 4 is 34.4 Å². The number of nitrogens with zero attached hydrogens (tertiary/aromatic N) is 1. The van der Waals surface area contributed by atoms with Crippen molar-refractivity contribution in [2.75, 3.05) is 31.5 Å². The number of carbonyl (C=O) groups is 3. The van der Waals surface area contributed by atoms with Crippen LogP contribution >= 0.6 is 0 Å². The van der Waals surface area contributed by atoms with Crippen LogP contribution in [0.3, 0.4) is 0 Å². The summed E-state index contributed by atoms with van der Waals surface area (Å²) < 4.78 is 0. The molecule has 0 aliphatic rings. The Hall–Kier alpha value is -3.86. The number of nitrogens with one attached hydrogen (secondary N) is 4. The maximum absolute atomic E-state index is 13.3. The summed E-state index contributed by atoms with van der Waals surface area (Å²) in [6, 6.07) is 18.1. The number of fused-ring (bicyclic) bond motifs is 1. The second-order valence-electron chi connectivity index (χ2n) is 9.82. The van der Waals surface area contributed by atoms with E-state index in [9.17, 15) is 14.4 Å². The second kappa shape index (κ2) is 17.8. The number of carbonyl (C=O) groups excluding carboxylic acids is 3. The van der Waals surface area contributed by atoms with E-state index in [2.05, 4.69) is 39.3 Å². The van der Waals surface area contributed by atoms with Crippen molar-refractivity contribution in [2.24, 2.45) is 0 Å². The molecule has 11 heteroatoms. The number of benzene rings is 2. The van der Waals surface area contributed by atoms with E-state index >= 15 is 0 Å². The van der Waals surface area contributed by atoms with Gasteiger partial charge >= 0.3 is 6.03 Å². The number of aromatic amines is 1. The van der Waals surface area contributed by atoms with E-state index in [0.29, 0.717) is 64.0 Å². The first-order chi connectivity index (χ1) is 19.4. The third-order valence-electron chi connectivity index (χ3n) is 6.64. The van der Waals surface area contributed by atoms with E-state index in [0.717, 1.165) is 16.5 Å². The number of quaternary nitrogens is 2. The first kappa shape index (κ1) is 33.3. The Kier molecular flexibility index (Phi) is 14.4. The summed E-state index contributed by atoms with van der Waals surface area (Å²) in [7, 11) is 0. The number of anilines is 1.